The second-order valence-corrected chi connectivity index (χ2v) is 4.33. The van der Waals surface area contributed by atoms with Crippen LogP contribution in [0.1, 0.15) is 22.4 Å². The van der Waals surface area contributed by atoms with Gasteiger partial charge in [-0.15, -0.1) is 11.3 Å². The number of ether oxygens (including phenoxy) is 1. The maximum atomic E-state index is 11.7. The molecule has 0 aliphatic heterocycles. The topological polar surface area (TPSA) is 94.3 Å². The Balaban J connectivity index is 2.60. The zero-order valence-electron chi connectivity index (χ0n) is 9.73. The minimum Gasteiger partial charge on any atom is -0.467 e. The second-order valence-electron chi connectivity index (χ2n) is 3.38. The van der Waals surface area contributed by atoms with Gasteiger partial charge in [-0.3, -0.25) is 4.79 Å². The van der Waals surface area contributed by atoms with Crippen molar-refractivity contribution >= 4 is 23.2 Å². The molecule has 0 spiro atoms. The fraction of sp³-hybridized carbons (Fsp3) is 0.500. The predicted molar refractivity (Wildman–Crippen MR) is 63.8 cm³/mol. The number of nitrogens with zero attached hydrogens (tertiary/aromatic N) is 1. The highest BCUT2D eigenvalue weighted by Crippen LogP contribution is 2.10. The van der Waals surface area contributed by atoms with Crippen molar-refractivity contribution in [2.45, 2.75) is 19.4 Å². The maximum absolute atomic E-state index is 11.7. The third-order valence-corrected chi connectivity index (χ3v) is 2.95. The fourth-order valence-electron chi connectivity index (χ4n) is 1.16. The van der Waals surface area contributed by atoms with E-state index in [1.807, 2.05) is 0 Å². The van der Waals surface area contributed by atoms with E-state index in [0.717, 1.165) is 5.01 Å². The van der Waals surface area contributed by atoms with Crippen LogP contribution in [0.5, 0.6) is 0 Å². The molecule has 0 aromatic carbocycles. The van der Waals surface area contributed by atoms with Crippen LogP contribution in [0.3, 0.4) is 0 Å². The summed E-state index contributed by atoms with van der Waals surface area (Å²) in [5.41, 5.74) is 5.69. The molecule has 0 saturated heterocycles. The summed E-state index contributed by atoms with van der Waals surface area (Å²) in [5, 5.41) is 4.95. The van der Waals surface area contributed by atoms with Crippen molar-refractivity contribution in [1.29, 1.82) is 0 Å². The van der Waals surface area contributed by atoms with Gasteiger partial charge in [-0.2, -0.15) is 0 Å². The molecule has 94 valence electrons. The molecular formula is C10H15N3O3S. The average Bonchev–Trinajstić information content (AvgIpc) is 2.77. The van der Waals surface area contributed by atoms with E-state index < -0.39 is 12.0 Å². The van der Waals surface area contributed by atoms with Crippen LogP contribution < -0.4 is 11.1 Å². The smallest absolute Gasteiger partial charge is 0.328 e. The lowest BCUT2D eigenvalue weighted by molar-refractivity contribution is -0.142. The Kier molecular flexibility index (Phi) is 5.05. The molecule has 0 radical (unpaired) electrons. The highest BCUT2D eigenvalue weighted by Gasteiger charge is 2.18. The Hall–Kier alpha value is -1.47. The van der Waals surface area contributed by atoms with Gasteiger partial charge in [0, 0.05) is 11.8 Å². The standard InChI is InChI=1S/C10H15N3O3S/c1-6(10(15)16-2)12-9(14)7-5-17-8(13-7)3-4-11/h5-6H,3-4,11H2,1-2H3,(H,12,14). The fourth-order valence-corrected chi connectivity index (χ4v) is 1.95. The molecule has 0 aliphatic rings. The summed E-state index contributed by atoms with van der Waals surface area (Å²) in [6.45, 7) is 2.05. The van der Waals surface area contributed by atoms with E-state index in [1.54, 1.807) is 12.3 Å². The minimum absolute atomic E-state index is 0.300. The number of thiazole rings is 1. The van der Waals surface area contributed by atoms with Crippen LogP contribution in [-0.2, 0) is 16.0 Å². The second kappa shape index (κ2) is 6.31. The molecule has 7 heteroatoms. The van der Waals surface area contributed by atoms with Gasteiger partial charge in [0.2, 0.25) is 0 Å². The Bertz CT molecular complexity index is 405. The lowest BCUT2D eigenvalue weighted by Crippen LogP contribution is -2.39. The van der Waals surface area contributed by atoms with Crippen LogP contribution in [0.2, 0.25) is 0 Å². The van der Waals surface area contributed by atoms with Crippen molar-refractivity contribution in [3.8, 4) is 0 Å². The highest BCUT2D eigenvalue weighted by atomic mass is 32.1. The Morgan fingerprint density at radius 2 is 2.35 bits per heavy atom. The lowest BCUT2D eigenvalue weighted by Gasteiger charge is -2.09. The van der Waals surface area contributed by atoms with E-state index in [1.165, 1.54) is 18.4 Å². The predicted octanol–water partition coefficient (Wildman–Crippen LogP) is -0.0644. The van der Waals surface area contributed by atoms with E-state index in [9.17, 15) is 9.59 Å². The van der Waals surface area contributed by atoms with Crippen LogP contribution in [0.25, 0.3) is 0 Å². The van der Waals surface area contributed by atoms with Gasteiger partial charge < -0.3 is 15.8 Å². The molecule has 17 heavy (non-hydrogen) atoms. The summed E-state index contributed by atoms with van der Waals surface area (Å²) in [6.07, 6.45) is 0.643. The third-order valence-electron chi connectivity index (χ3n) is 2.04. The summed E-state index contributed by atoms with van der Waals surface area (Å²) in [7, 11) is 1.27. The van der Waals surface area contributed by atoms with E-state index in [0.29, 0.717) is 18.7 Å². The van der Waals surface area contributed by atoms with Gasteiger partial charge in [-0.1, -0.05) is 0 Å². The minimum atomic E-state index is -0.688. The summed E-state index contributed by atoms with van der Waals surface area (Å²) >= 11 is 1.38. The Labute approximate surface area is 103 Å². The van der Waals surface area contributed by atoms with E-state index in [2.05, 4.69) is 15.0 Å². The first-order chi connectivity index (χ1) is 8.08. The monoisotopic (exact) mass is 257 g/mol. The number of aromatic nitrogens is 1. The van der Waals surface area contributed by atoms with Crippen LogP contribution in [0.15, 0.2) is 5.38 Å². The Morgan fingerprint density at radius 1 is 1.65 bits per heavy atom. The van der Waals surface area contributed by atoms with Gasteiger partial charge in [0.25, 0.3) is 5.91 Å². The molecule has 0 saturated carbocycles. The number of nitrogens with one attached hydrogen (secondary N) is 1. The molecular weight excluding hydrogens is 242 g/mol. The first-order valence-corrected chi connectivity index (χ1v) is 5.99. The largest absolute Gasteiger partial charge is 0.467 e. The summed E-state index contributed by atoms with van der Waals surface area (Å²) in [4.78, 5) is 26.9. The molecule has 0 bridgehead atoms. The normalized spacial score (nSPS) is 11.9. The van der Waals surface area contributed by atoms with Crippen molar-refractivity contribution < 1.29 is 14.3 Å². The number of esters is 1. The van der Waals surface area contributed by atoms with Crippen molar-refractivity contribution in [2.75, 3.05) is 13.7 Å². The number of carbonyl (C=O) groups excluding carboxylic acids is 2. The van der Waals surface area contributed by atoms with Crippen molar-refractivity contribution in [3.05, 3.63) is 16.1 Å². The average molecular weight is 257 g/mol. The molecule has 0 aliphatic carbocycles. The van der Waals surface area contributed by atoms with Gasteiger partial charge in [0.1, 0.15) is 11.7 Å². The van der Waals surface area contributed by atoms with Gasteiger partial charge in [0.05, 0.1) is 12.1 Å². The van der Waals surface area contributed by atoms with Crippen LogP contribution in [0, 0.1) is 0 Å². The zero-order valence-corrected chi connectivity index (χ0v) is 10.5. The van der Waals surface area contributed by atoms with Gasteiger partial charge in [0.15, 0.2) is 0 Å². The van der Waals surface area contributed by atoms with E-state index >= 15 is 0 Å². The quantitative estimate of drug-likeness (QED) is 0.720. The van der Waals surface area contributed by atoms with Crippen molar-refractivity contribution in [1.82, 2.24) is 10.3 Å². The number of carbonyl (C=O) groups is 2. The zero-order chi connectivity index (χ0) is 12.8. The molecule has 1 aromatic rings. The summed E-state index contributed by atoms with van der Waals surface area (Å²) in [5.74, 6) is -0.877. The summed E-state index contributed by atoms with van der Waals surface area (Å²) < 4.78 is 4.50. The van der Waals surface area contributed by atoms with Gasteiger partial charge in [-0.25, -0.2) is 9.78 Å². The van der Waals surface area contributed by atoms with Crippen LogP contribution >= 0.6 is 11.3 Å². The van der Waals surface area contributed by atoms with E-state index in [4.69, 9.17) is 5.73 Å². The molecule has 3 N–H and O–H groups in total. The van der Waals surface area contributed by atoms with Crippen LogP contribution in [-0.4, -0.2) is 36.6 Å². The molecule has 0 fully saturated rings. The molecule has 1 heterocycles. The van der Waals surface area contributed by atoms with Crippen LogP contribution in [0.4, 0.5) is 0 Å². The molecule has 1 amide bonds. The number of amides is 1. The number of methoxy groups -OCH3 is 1. The van der Waals surface area contributed by atoms with E-state index in [-0.39, 0.29) is 5.91 Å². The maximum Gasteiger partial charge on any atom is 0.328 e. The van der Waals surface area contributed by atoms with Gasteiger partial charge >= 0.3 is 5.97 Å². The molecule has 6 nitrogen and oxygen atoms in total. The highest BCUT2D eigenvalue weighted by molar-refractivity contribution is 7.09. The van der Waals surface area contributed by atoms with Crippen molar-refractivity contribution in [3.63, 3.8) is 0 Å². The Morgan fingerprint density at radius 3 is 2.94 bits per heavy atom. The molecule has 1 unspecified atom stereocenters. The molecule has 1 rings (SSSR count). The SMILES string of the molecule is COC(=O)C(C)NC(=O)c1csc(CCN)n1. The number of nitrogens with two attached hydrogens (primary N) is 1. The third kappa shape index (κ3) is 3.79. The molecule has 1 aromatic heterocycles. The summed E-state index contributed by atoms with van der Waals surface area (Å²) in [6, 6.07) is -0.688. The molecule has 1 atom stereocenters. The first kappa shape index (κ1) is 13.6. The first-order valence-electron chi connectivity index (χ1n) is 5.11. The van der Waals surface area contributed by atoms with Crippen molar-refractivity contribution in [2.24, 2.45) is 5.73 Å². The number of hydrogen-bond acceptors (Lipinski definition) is 6. The van der Waals surface area contributed by atoms with Gasteiger partial charge in [-0.05, 0) is 13.5 Å². The lowest BCUT2D eigenvalue weighted by atomic mass is 10.3. The number of hydrogen-bond donors (Lipinski definition) is 2. The number of rotatable bonds is 5.